The molecular weight excluding hydrogens is 401 g/mol. The molecule has 1 aromatic heterocycles. The van der Waals surface area contributed by atoms with E-state index in [1.807, 2.05) is 37.3 Å². The van der Waals surface area contributed by atoms with Crippen LogP contribution in [0.2, 0.25) is 0 Å². The first-order valence-electron chi connectivity index (χ1n) is 9.91. The van der Waals surface area contributed by atoms with Gasteiger partial charge in [-0.25, -0.2) is 9.18 Å². The van der Waals surface area contributed by atoms with E-state index in [-0.39, 0.29) is 5.69 Å². The molecule has 0 aliphatic rings. The predicted molar refractivity (Wildman–Crippen MR) is 115 cm³/mol. The predicted octanol–water partition coefficient (Wildman–Crippen LogP) is 1.32. The van der Waals surface area contributed by atoms with Crippen LogP contribution < -0.4 is 16.6 Å². The largest absolute Gasteiger partial charge is 0.351 e. The Morgan fingerprint density at radius 1 is 1.10 bits per heavy atom. The highest BCUT2D eigenvalue weighted by molar-refractivity contribution is 5.91. The SMILES string of the molecule is CCN(CCNC(=O)c1nn(-c2ccc(F)cc2)c(=O)n(C)c1=O)Cc1ccccc1. The number of benzene rings is 2. The zero-order valence-corrected chi connectivity index (χ0v) is 17.4. The Labute approximate surface area is 178 Å². The number of hydrogen-bond donors (Lipinski definition) is 1. The third kappa shape index (κ3) is 5.32. The molecule has 0 aliphatic carbocycles. The van der Waals surface area contributed by atoms with E-state index in [0.29, 0.717) is 13.1 Å². The Balaban J connectivity index is 1.73. The lowest BCUT2D eigenvalue weighted by molar-refractivity contribution is 0.0938. The lowest BCUT2D eigenvalue weighted by atomic mass is 10.2. The molecule has 8 nitrogen and oxygen atoms in total. The summed E-state index contributed by atoms with van der Waals surface area (Å²) in [6, 6.07) is 15.0. The van der Waals surface area contributed by atoms with Gasteiger partial charge in [0.15, 0.2) is 0 Å². The number of hydrogen-bond acceptors (Lipinski definition) is 5. The number of aromatic nitrogens is 3. The van der Waals surface area contributed by atoms with Crippen LogP contribution in [-0.2, 0) is 13.6 Å². The molecular formula is C22H24FN5O3. The van der Waals surface area contributed by atoms with Gasteiger partial charge in [-0.3, -0.25) is 19.1 Å². The zero-order chi connectivity index (χ0) is 22.4. The zero-order valence-electron chi connectivity index (χ0n) is 17.4. The average molecular weight is 425 g/mol. The van der Waals surface area contributed by atoms with E-state index in [1.165, 1.54) is 31.3 Å². The molecule has 0 fully saturated rings. The van der Waals surface area contributed by atoms with Crippen LogP contribution in [0.4, 0.5) is 4.39 Å². The first-order chi connectivity index (χ1) is 14.9. The van der Waals surface area contributed by atoms with Gasteiger partial charge in [-0.1, -0.05) is 37.3 Å². The number of halogens is 1. The van der Waals surface area contributed by atoms with E-state index in [0.717, 1.165) is 27.9 Å². The van der Waals surface area contributed by atoms with Crippen LogP contribution >= 0.6 is 0 Å². The maximum Gasteiger partial charge on any atom is 0.351 e. The highest BCUT2D eigenvalue weighted by Crippen LogP contribution is 2.05. The average Bonchev–Trinajstić information content (AvgIpc) is 2.78. The van der Waals surface area contributed by atoms with Crippen LogP contribution in [-0.4, -0.2) is 44.8 Å². The number of amides is 1. The van der Waals surface area contributed by atoms with Gasteiger partial charge >= 0.3 is 5.69 Å². The topological polar surface area (TPSA) is 89.2 Å². The molecule has 0 radical (unpaired) electrons. The van der Waals surface area contributed by atoms with Crippen molar-refractivity contribution in [2.75, 3.05) is 19.6 Å². The standard InChI is InChI=1S/C22H24FN5O3/c1-3-27(15-16-7-5-4-6-8-16)14-13-24-20(29)19-21(30)26(2)22(31)28(25-19)18-11-9-17(23)10-12-18/h4-12H,3,13-15H2,1-2H3,(H,24,29). The Kier molecular flexibility index (Phi) is 7.09. The summed E-state index contributed by atoms with van der Waals surface area (Å²) in [5.74, 6) is -1.15. The monoisotopic (exact) mass is 425 g/mol. The van der Waals surface area contributed by atoms with E-state index in [2.05, 4.69) is 15.3 Å². The van der Waals surface area contributed by atoms with Crippen molar-refractivity contribution in [2.24, 2.45) is 7.05 Å². The molecule has 0 saturated carbocycles. The Morgan fingerprint density at radius 3 is 2.42 bits per heavy atom. The van der Waals surface area contributed by atoms with E-state index >= 15 is 0 Å². The number of nitrogens with zero attached hydrogens (tertiary/aromatic N) is 4. The summed E-state index contributed by atoms with van der Waals surface area (Å²) in [4.78, 5) is 39.6. The highest BCUT2D eigenvalue weighted by Gasteiger charge is 2.18. The van der Waals surface area contributed by atoms with Crippen molar-refractivity contribution in [1.82, 2.24) is 24.6 Å². The summed E-state index contributed by atoms with van der Waals surface area (Å²) in [7, 11) is 1.27. The summed E-state index contributed by atoms with van der Waals surface area (Å²) in [5.41, 5.74) is -0.517. The van der Waals surface area contributed by atoms with E-state index in [4.69, 9.17) is 0 Å². The van der Waals surface area contributed by atoms with Crippen LogP contribution in [0, 0.1) is 5.82 Å². The molecule has 2 aromatic carbocycles. The minimum absolute atomic E-state index is 0.246. The van der Waals surface area contributed by atoms with Crippen molar-refractivity contribution in [2.45, 2.75) is 13.5 Å². The first kappa shape index (κ1) is 22.1. The number of rotatable bonds is 8. The molecule has 0 atom stereocenters. The second-order valence-electron chi connectivity index (χ2n) is 6.99. The third-order valence-corrected chi connectivity index (χ3v) is 4.87. The molecule has 31 heavy (non-hydrogen) atoms. The van der Waals surface area contributed by atoms with Gasteiger partial charge in [-0.15, -0.1) is 0 Å². The maximum absolute atomic E-state index is 13.2. The first-order valence-corrected chi connectivity index (χ1v) is 9.91. The summed E-state index contributed by atoms with van der Waals surface area (Å²) in [6.45, 7) is 4.44. The van der Waals surface area contributed by atoms with Crippen molar-refractivity contribution >= 4 is 5.91 Å². The quantitative estimate of drug-likeness (QED) is 0.588. The van der Waals surface area contributed by atoms with Gasteiger partial charge in [-0.05, 0) is 36.4 Å². The fourth-order valence-electron chi connectivity index (χ4n) is 3.07. The second-order valence-corrected chi connectivity index (χ2v) is 6.99. The maximum atomic E-state index is 13.2. The molecule has 0 aliphatic heterocycles. The summed E-state index contributed by atoms with van der Waals surface area (Å²) in [6.07, 6.45) is 0. The van der Waals surface area contributed by atoms with Crippen molar-refractivity contribution in [3.8, 4) is 5.69 Å². The second kappa shape index (κ2) is 9.94. The molecule has 0 unspecified atom stereocenters. The fraction of sp³-hybridized carbons (Fsp3) is 0.273. The molecule has 0 saturated heterocycles. The Morgan fingerprint density at radius 2 is 1.77 bits per heavy atom. The molecule has 3 rings (SSSR count). The van der Waals surface area contributed by atoms with Gasteiger partial charge in [0, 0.05) is 26.7 Å². The van der Waals surface area contributed by atoms with Crippen LogP contribution in [0.5, 0.6) is 0 Å². The van der Waals surface area contributed by atoms with E-state index in [1.54, 1.807) is 0 Å². The van der Waals surface area contributed by atoms with E-state index < -0.39 is 28.7 Å². The van der Waals surface area contributed by atoms with Crippen LogP contribution in [0.25, 0.3) is 5.69 Å². The van der Waals surface area contributed by atoms with Crippen molar-refractivity contribution in [1.29, 1.82) is 0 Å². The van der Waals surface area contributed by atoms with Crippen LogP contribution in [0.1, 0.15) is 23.0 Å². The third-order valence-electron chi connectivity index (χ3n) is 4.87. The van der Waals surface area contributed by atoms with Crippen LogP contribution in [0.15, 0.2) is 64.2 Å². The van der Waals surface area contributed by atoms with Gasteiger partial charge in [-0.2, -0.15) is 9.78 Å². The summed E-state index contributed by atoms with van der Waals surface area (Å²) in [5, 5.41) is 6.63. The Bertz CT molecular complexity index is 1160. The fourth-order valence-corrected chi connectivity index (χ4v) is 3.07. The molecule has 9 heteroatoms. The van der Waals surface area contributed by atoms with E-state index in [9.17, 15) is 18.8 Å². The van der Waals surface area contributed by atoms with Gasteiger partial charge in [0.1, 0.15) is 5.82 Å². The van der Waals surface area contributed by atoms with Crippen molar-refractivity contribution in [3.05, 3.63) is 92.5 Å². The molecule has 1 amide bonds. The molecule has 0 bridgehead atoms. The summed E-state index contributed by atoms with van der Waals surface area (Å²) < 4.78 is 14.9. The number of carbonyl (C=O) groups excluding carboxylic acids is 1. The minimum atomic E-state index is -0.794. The van der Waals surface area contributed by atoms with Gasteiger partial charge < -0.3 is 5.32 Å². The smallest absolute Gasteiger partial charge is 0.349 e. The minimum Gasteiger partial charge on any atom is -0.349 e. The normalized spacial score (nSPS) is 11.0. The van der Waals surface area contributed by atoms with Gasteiger partial charge in [0.25, 0.3) is 11.5 Å². The van der Waals surface area contributed by atoms with Crippen molar-refractivity contribution in [3.63, 3.8) is 0 Å². The molecule has 1 N–H and O–H groups in total. The summed E-state index contributed by atoms with van der Waals surface area (Å²) >= 11 is 0. The Hall–Kier alpha value is -3.59. The molecule has 0 spiro atoms. The lowest BCUT2D eigenvalue weighted by Crippen LogP contribution is -2.45. The highest BCUT2D eigenvalue weighted by atomic mass is 19.1. The molecule has 3 aromatic rings. The van der Waals surface area contributed by atoms with Gasteiger partial charge in [0.2, 0.25) is 5.69 Å². The van der Waals surface area contributed by atoms with Crippen molar-refractivity contribution < 1.29 is 9.18 Å². The molecule has 1 heterocycles. The molecule has 162 valence electrons. The lowest BCUT2D eigenvalue weighted by Gasteiger charge is -2.20. The van der Waals surface area contributed by atoms with Gasteiger partial charge in [0.05, 0.1) is 5.69 Å². The number of nitrogens with one attached hydrogen (secondary N) is 1. The number of likely N-dealkylation sites (N-methyl/N-ethyl adjacent to an activating group) is 1. The van der Waals surface area contributed by atoms with Crippen LogP contribution in [0.3, 0.4) is 0 Å². The number of carbonyl (C=O) groups is 1.